The number of hydrogen-bond acceptors (Lipinski definition) is 4. The highest BCUT2D eigenvalue weighted by Gasteiger charge is 2.29. The molecule has 0 spiro atoms. The Balaban J connectivity index is 2.71. The number of ether oxygens (including phenoxy) is 1. The largest absolute Gasteiger partial charge is 0.497 e. The predicted octanol–water partition coefficient (Wildman–Crippen LogP) is 1.27. The summed E-state index contributed by atoms with van der Waals surface area (Å²) in [5.74, 6) is 0.540. The molecule has 0 aliphatic rings. The number of hydrogen-bond donors (Lipinski definition) is 3. The molecule has 1 aromatic carbocycles. The fourth-order valence-electron chi connectivity index (χ4n) is 1.72. The lowest BCUT2D eigenvalue weighted by atomic mass is 9.97. The Morgan fingerprint density at radius 2 is 2.05 bits per heavy atom. The molecule has 0 heterocycles. The molecule has 0 saturated carbocycles. The molecule has 0 aliphatic heterocycles. The molecule has 0 bridgehead atoms. The molecule has 20 heavy (non-hydrogen) atoms. The first-order chi connectivity index (χ1) is 9.45. The molecule has 6 heteroatoms. The van der Waals surface area contributed by atoms with Crippen LogP contribution in [0.15, 0.2) is 29.4 Å². The van der Waals surface area contributed by atoms with Crippen molar-refractivity contribution in [2.24, 2.45) is 10.9 Å². The molecule has 4 N–H and O–H groups in total. The minimum Gasteiger partial charge on any atom is -0.497 e. The van der Waals surface area contributed by atoms with Gasteiger partial charge in [-0.25, -0.2) is 0 Å². The number of benzene rings is 1. The molecule has 0 saturated heterocycles. The molecule has 1 rings (SSSR count). The topological polar surface area (TPSA) is 96.9 Å². The van der Waals surface area contributed by atoms with Crippen LogP contribution in [-0.2, 0) is 11.2 Å². The van der Waals surface area contributed by atoms with E-state index in [2.05, 4.69) is 10.5 Å². The maximum Gasteiger partial charge on any atom is 0.225 e. The van der Waals surface area contributed by atoms with Crippen molar-refractivity contribution in [3.8, 4) is 5.75 Å². The van der Waals surface area contributed by atoms with Crippen LogP contribution < -0.4 is 15.8 Å². The highest BCUT2D eigenvalue weighted by Crippen LogP contribution is 2.13. The van der Waals surface area contributed by atoms with Crippen LogP contribution in [0.2, 0.25) is 0 Å². The van der Waals surface area contributed by atoms with Gasteiger partial charge in [-0.1, -0.05) is 24.2 Å². The average molecular weight is 279 g/mol. The van der Waals surface area contributed by atoms with E-state index in [1.807, 2.05) is 19.1 Å². The molecule has 1 atom stereocenters. The molecular weight excluding hydrogens is 258 g/mol. The molecule has 1 amide bonds. The van der Waals surface area contributed by atoms with E-state index >= 15 is 0 Å². The monoisotopic (exact) mass is 279 g/mol. The van der Waals surface area contributed by atoms with Crippen molar-refractivity contribution in [2.75, 3.05) is 7.11 Å². The summed E-state index contributed by atoms with van der Waals surface area (Å²) < 4.78 is 5.06. The molecule has 0 radical (unpaired) electrons. The van der Waals surface area contributed by atoms with Crippen LogP contribution in [0, 0.1) is 0 Å². The van der Waals surface area contributed by atoms with Gasteiger partial charge in [0.1, 0.15) is 5.75 Å². The highest BCUT2D eigenvalue weighted by atomic mass is 16.5. The van der Waals surface area contributed by atoms with Crippen molar-refractivity contribution in [1.82, 2.24) is 5.32 Å². The van der Waals surface area contributed by atoms with E-state index in [4.69, 9.17) is 15.7 Å². The lowest BCUT2D eigenvalue weighted by Gasteiger charge is -2.28. The van der Waals surface area contributed by atoms with E-state index < -0.39 is 5.54 Å². The van der Waals surface area contributed by atoms with Crippen LogP contribution in [0.5, 0.6) is 5.75 Å². The molecule has 0 aliphatic carbocycles. The number of carbonyl (C=O) groups is 1. The van der Waals surface area contributed by atoms with Gasteiger partial charge in [0.2, 0.25) is 5.91 Å². The van der Waals surface area contributed by atoms with E-state index in [0.717, 1.165) is 11.3 Å². The van der Waals surface area contributed by atoms with E-state index in [-0.39, 0.29) is 18.2 Å². The summed E-state index contributed by atoms with van der Waals surface area (Å²) in [4.78, 5) is 12.0. The third-order valence-electron chi connectivity index (χ3n) is 3.32. The zero-order valence-electron chi connectivity index (χ0n) is 12.0. The molecular formula is C14H21N3O3. The van der Waals surface area contributed by atoms with Gasteiger partial charge in [0.25, 0.3) is 0 Å². The summed E-state index contributed by atoms with van der Waals surface area (Å²) >= 11 is 0. The number of carbonyl (C=O) groups excluding carboxylic acids is 1. The van der Waals surface area contributed by atoms with Gasteiger partial charge < -0.3 is 21.0 Å². The van der Waals surface area contributed by atoms with Crippen LogP contribution in [0.4, 0.5) is 0 Å². The second kappa shape index (κ2) is 6.79. The van der Waals surface area contributed by atoms with Crippen molar-refractivity contribution in [1.29, 1.82) is 0 Å². The van der Waals surface area contributed by atoms with Crippen LogP contribution >= 0.6 is 0 Å². The number of nitrogens with two attached hydrogens (primary N) is 1. The number of nitrogens with zero attached hydrogens (tertiary/aromatic N) is 1. The zero-order chi connectivity index (χ0) is 15.2. The summed E-state index contributed by atoms with van der Waals surface area (Å²) in [5, 5.41) is 14.5. The van der Waals surface area contributed by atoms with Crippen molar-refractivity contribution in [3.63, 3.8) is 0 Å². The molecule has 0 fully saturated rings. The highest BCUT2D eigenvalue weighted by molar-refractivity contribution is 5.93. The maximum absolute atomic E-state index is 12.0. The third kappa shape index (κ3) is 3.88. The fraction of sp³-hybridized carbons (Fsp3) is 0.429. The molecule has 0 aromatic heterocycles. The number of amides is 1. The summed E-state index contributed by atoms with van der Waals surface area (Å²) in [6.07, 6.45) is 0.746. The van der Waals surface area contributed by atoms with Crippen molar-refractivity contribution in [2.45, 2.75) is 32.2 Å². The fourth-order valence-corrected chi connectivity index (χ4v) is 1.72. The van der Waals surface area contributed by atoms with Gasteiger partial charge in [0.15, 0.2) is 5.84 Å². The van der Waals surface area contributed by atoms with E-state index in [9.17, 15) is 4.79 Å². The Kier molecular flexibility index (Phi) is 5.37. The van der Waals surface area contributed by atoms with E-state index in [1.165, 1.54) is 0 Å². The Hall–Kier alpha value is -2.24. The second-order valence-electron chi connectivity index (χ2n) is 4.74. The predicted molar refractivity (Wildman–Crippen MR) is 76.9 cm³/mol. The number of methoxy groups -OCH3 is 1. The second-order valence-corrected chi connectivity index (χ2v) is 4.74. The summed E-state index contributed by atoms with van der Waals surface area (Å²) in [6, 6.07) is 7.24. The summed E-state index contributed by atoms with van der Waals surface area (Å²) in [5.41, 5.74) is 5.62. The number of oxime groups is 1. The SMILES string of the molecule is CCC(C)(NC(=O)Cc1ccc(OC)cc1)/C(N)=N/O. The minimum absolute atomic E-state index is 0.0110. The molecule has 1 unspecified atom stereocenters. The smallest absolute Gasteiger partial charge is 0.225 e. The lowest BCUT2D eigenvalue weighted by molar-refractivity contribution is -0.121. The van der Waals surface area contributed by atoms with Gasteiger partial charge >= 0.3 is 0 Å². The molecule has 6 nitrogen and oxygen atoms in total. The normalized spacial score (nSPS) is 14.4. The number of rotatable bonds is 6. The maximum atomic E-state index is 12.0. The first-order valence-electron chi connectivity index (χ1n) is 6.37. The van der Waals surface area contributed by atoms with Crippen LogP contribution in [0.1, 0.15) is 25.8 Å². The van der Waals surface area contributed by atoms with Gasteiger partial charge in [-0.05, 0) is 31.0 Å². The Morgan fingerprint density at radius 1 is 1.45 bits per heavy atom. The quantitative estimate of drug-likeness (QED) is 0.316. The zero-order valence-corrected chi connectivity index (χ0v) is 12.0. The number of nitrogens with one attached hydrogen (secondary N) is 1. The van der Waals surface area contributed by atoms with Crippen molar-refractivity contribution < 1.29 is 14.7 Å². The van der Waals surface area contributed by atoms with Gasteiger partial charge in [0.05, 0.1) is 19.1 Å². The van der Waals surface area contributed by atoms with Crippen LogP contribution in [0.3, 0.4) is 0 Å². The summed E-state index contributed by atoms with van der Waals surface area (Å²) in [6.45, 7) is 3.57. The number of amidine groups is 1. The Morgan fingerprint density at radius 3 is 2.50 bits per heavy atom. The average Bonchev–Trinajstić information content (AvgIpc) is 2.46. The van der Waals surface area contributed by atoms with Gasteiger partial charge in [-0.3, -0.25) is 4.79 Å². The molecule has 110 valence electrons. The first-order valence-corrected chi connectivity index (χ1v) is 6.37. The van der Waals surface area contributed by atoms with Gasteiger partial charge in [-0.15, -0.1) is 0 Å². The lowest BCUT2D eigenvalue weighted by Crippen LogP contribution is -2.55. The first kappa shape index (κ1) is 15.8. The van der Waals surface area contributed by atoms with Crippen LogP contribution in [0.25, 0.3) is 0 Å². The van der Waals surface area contributed by atoms with Crippen LogP contribution in [-0.4, -0.2) is 29.6 Å². The standard InChI is InChI=1S/C14H21N3O3/c1-4-14(2,13(15)17-19)16-12(18)9-10-5-7-11(20-3)8-6-10/h5-8,19H,4,9H2,1-3H3,(H2,15,17)(H,16,18). The Labute approximate surface area is 118 Å². The van der Waals surface area contributed by atoms with Gasteiger partial charge in [-0.2, -0.15) is 0 Å². The summed E-state index contributed by atoms with van der Waals surface area (Å²) in [7, 11) is 1.59. The molecule has 1 aromatic rings. The van der Waals surface area contributed by atoms with Crippen molar-refractivity contribution in [3.05, 3.63) is 29.8 Å². The van der Waals surface area contributed by atoms with E-state index in [0.29, 0.717) is 6.42 Å². The van der Waals surface area contributed by atoms with Gasteiger partial charge in [0, 0.05) is 0 Å². The Bertz CT molecular complexity index is 485. The van der Waals surface area contributed by atoms with Crippen molar-refractivity contribution >= 4 is 11.7 Å². The third-order valence-corrected chi connectivity index (χ3v) is 3.32. The van der Waals surface area contributed by atoms with E-state index in [1.54, 1.807) is 26.2 Å². The minimum atomic E-state index is -0.849.